The van der Waals surface area contributed by atoms with Gasteiger partial charge in [0.05, 0.1) is 16.0 Å². The van der Waals surface area contributed by atoms with Crippen molar-refractivity contribution in [3.8, 4) is 10.6 Å². The van der Waals surface area contributed by atoms with E-state index in [1.807, 2.05) is 20.1 Å². The Morgan fingerprint density at radius 2 is 2.16 bits per heavy atom. The predicted molar refractivity (Wildman–Crippen MR) is 113 cm³/mol. The summed E-state index contributed by atoms with van der Waals surface area (Å²) in [6, 6.07) is 4.45. The van der Waals surface area contributed by atoms with Crippen LogP contribution in [0.1, 0.15) is 38.0 Å². The van der Waals surface area contributed by atoms with Crippen molar-refractivity contribution in [3.05, 3.63) is 22.4 Å². The van der Waals surface area contributed by atoms with Gasteiger partial charge in [0, 0.05) is 19.1 Å². The molecule has 2 aromatic rings. The summed E-state index contributed by atoms with van der Waals surface area (Å²) < 4.78 is 0. The molecule has 1 saturated heterocycles. The fraction of sp³-hybridized carbons (Fsp3) is 0.471. The summed E-state index contributed by atoms with van der Waals surface area (Å²) in [5.41, 5.74) is 3.89. The molecule has 5 nitrogen and oxygen atoms in total. The van der Waals surface area contributed by atoms with E-state index in [2.05, 4.69) is 38.3 Å². The molecule has 8 heteroatoms. The van der Waals surface area contributed by atoms with Crippen LogP contribution in [0.2, 0.25) is 0 Å². The molecule has 0 bridgehead atoms. The van der Waals surface area contributed by atoms with Crippen molar-refractivity contribution in [2.45, 2.75) is 39.2 Å². The average Bonchev–Trinajstić information content (AvgIpc) is 3.24. The Bertz CT molecular complexity index is 715. The van der Waals surface area contributed by atoms with E-state index < -0.39 is 0 Å². The van der Waals surface area contributed by atoms with Crippen LogP contribution in [0.15, 0.2) is 22.6 Å². The summed E-state index contributed by atoms with van der Waals surface area (Å²) in [4.78, 5) is 9.53. The number of hydrazone groups is 1. The number of anilines is 1. The van der Waals surface area contributed by atoms with Crippen LogP contribution in [-0.4, -0.2) is 35.4 Å². The quantitative estimate of drug-likeness (QED) is 0.456. The van der Waals surface area contributed by atoms with Crippen LogP contribution in [0.25, 0.3) is 10.6 Å². The van der Waals surface area contributed by atoms with Crippen LogP contribution in [0.5, 0.6) is 0 Å². The molecule has 0 unspecified atom stereocenters. The molecule has 134 valence electrons. The molecule has 0 aliphatic carbocycles. The van der Waals surface area contributed by atoms with Gasteiger partial charge >= 0.3 is 0 Å². The van der Waals surface area contributed by atoms with Gasteiger partial charge in [-0.3, -0.25) is 5.43 Å². The van der Waals surface area contributed by atoms with E-state index in [1.165, 1.54) is 24.1 Å². The second-order valence-corrected chi connectivity index (χ2v) is 8.60. The summed E-state index contributed by atoms with van der Waals surface area (Å²) in [6.45, 7) is 6.27. The van der Waals surface area contributed by atoms with Crippen molar-refractivity contribution in [3.63, 3.8) is 0 Å². The Morgan fingerprint density at radius 3 is 2.84 bits per heavy atom. The maximum atomic E-state index is 5.21. The van der Waals surface area contributed by atoms with Gasteiger partial charge in [-0.15, -0.1) is 11.3 Å². The molecular weight excluding hydrogens is 370 g/mol. The SMILES string of the molecule is CC(C)NC(=S)N/N=C/c1sc(N2CCCCC2)nc1-c1cccs1. The van der Waals surface area contributed by atoms with Gasteiger partial charge in [0.15, 0.2) is 10.2 Å². The number of nitrogens with one attached hydrogen (secondary N) is 2. The van der Waals surface area contributed by atoms with Gasteiger partial charge in [0.1, 0.15) is 5.69 Å². The third kappa shape index (κ3) is 4.99. The Labute approximate surface area is 162 Å². The number of thiophene rings is 1. The number of aromatic nitrogens is 1. The standard InChI is InChI=1S/C17H23N5S3/c1-12(2)19-16(23)21-18-11-14-15(13-7-6-10-24-13)20-17(25-14)22-8-4-3-5-9-22/h6-7,10-12H,3-5,8-9H2,1-2H3,(H2,19,21,23)/b18-11+. The fourth-order valence-electron chi connectivity index (χ4n) is 2.66. The molecule has 0 aromatic carbocycles. The summed E-state index contributed by atoms with van der Waals surface area (Å²) >= 11 is 8.61. The van der Waals surface area contributed by atoms with E-state index in [0.717, 1.165) is 28.8 Å². The van der Waals surface area contributed by atoms with Crippen LogP contribution in [-0.2, 0) is 0 Å². The second kappa shape index (κ2) is 8.73. The highest BCUT2D eigenvalue weighted by atomic mass is 32.1. The van der Waals surface area contributed by atoms with Crippen LogP contribution in [0.4, 0.5) is 5.13 Å². The maximum absolute atomic E-state index is 5.21. The monoisotopic (exact) mass is 393 g/mol. The third-order valence-electron chi connectivity index (χ3n) is 3.79. The van der Waals surface area contributed by atoms with E-state index in [1.54, 1.807) is 22.7 Å². The fourth-order valence-corrected chi connectivity index (χ4v) is 4.75. The first-order valence-corrected chi connectivity index (χ1v) is 10.6. The van der Waals surface area contributed by atoms with Crippen molar-refractivity contribution >= 4 is 51.4 Å². The Morgan fingerprint density at radius 1 is 1.36 bits per heavy atom. The summed E-state index contributed by atoms with van der Waals surface area (Å²) in [5, 5.41) is 11.1. The van der Waals surface area contributed by atoms with Gasteiger partial charge in [-0.1, -0.05) is 17.4 Å². The first-order valence-electron chi connectivity index (χ1n) is 8.52. The number of nitrogens with zero attached hydrogens (tertiary/aromatic N) is 3. The summed E-state index contributed by atoms with van der Waals surface area (Å²) in [6.07, 6.45) is 5.63. The van der Waals surface area contributed by atoms with Crippen molar-refractivity contribution in [2.24, 2.45) is 5.10 Å². The minimum absolute atomic E-state index is 0.283. The predicted octanol–water partition coefficient (Wildman–Crippen LogP) is 4.07. The topological polar surface area (TPSA) is 52.6 Å². The molecule has 1 aliphatic heterocycles. The highest BCUT2D eigenvalue weighted by molar-refractivity contribution is 7.80. The first-order chi connectivity index (χ1) is 12.1. The molecule has 0 spiro atoms. The number of piperidine rings is 1. The number of thiocarbonyl (C=S) groups is 1. The zero-order valence-electron chi connectivity index (χ0n) is 14.5. The van der Waals surface area contributed by atoms with E-state index in [9.17, 15) is 0 Å². The normalized spacial score (nSPS) is 15.1. The van der Waals surface area contributed by atoms with Crippen molar-refractivity contribution in [1.29, 1.82) is 0 Å². The number of hydrogen-bond acceptors (Lipinski definition) is 6. The lowest BCUT2D eigenvalue weighted by atomic mass is 10.1. The molecule has 3 rings (SSSR count). The van der Waals surface area contributed by atoms with Crippen molar-refractivity contribution in [1.82, 2.24) is 15.7 Å². The third-order valence-corrected chi connectivity index (χ3v) is 5.93. The highest BCUT2D eigenvalue weighted by Crippen LogP contribution is 2.35. The van der Waals surface area contributed by atoms with Gasteiger partial charge < -0.3 is 10.2 Å². The van der Waals surface area contributed by atoms with Gasteiger partial charge in [0.25, 0.3) is 0 Å². The minimum Gasteiger partial charge on any atom is -0.359 e. The zero-order valence-corrected chi connectivity index (χ0v) is 16.9. The molecule has 0 atom stereocenters. The first kappa shape index (κ1) is 18.3. The smallest absolute Gasteiger partial charge is 0.187 e. The minimum atomic E-state index is 0.283. The maximum Gasteiger partial charge on any atom is 0.187 e. The molecule has 1 aliphatic rings. The average molecular weight is 394 g/mol. The van der Waals surface area contributed by atoms with Crippen molar-refractivity contribution in [2.75, 3.05) is 18.0 Å². The molecule has 1 fully saturated rings. The summed E-state index contributed by atoms with van der Waals surface area (Å²) in [5.74, 6) is 0. The van der Waals surface area contributed by atoms with Gasteiger partial charge in [-0.05, 0) is 56.8 Å². The highest BCUT2D eigenvalue weighted by Gasteiger charge is 2.19. The zero-order chi connectivity index (χ0) is 17.6. The Balaban J connectivity index is 1.78. The van der Waals surface area contributed by atoms with E-state index >= 15 is 0 Å². The molecule has 0 amide bonds. The van der Waals surface area contributed by atoms with E-state index in [-0.39, 0.29) is 6.04 Å². The largest absolute Gasteiger partial charge is 0.359 e. The lowest BCUT2D eigenvalue weighted by Gasteiger charge is -2.25. The number of thiazole rings is 1. The van der Waals surface area contributed by atoms with Crippen LogP contribution in [0.3, 0.4) is 0 Å². The lowest BCUT2D eigenvalue weighted by Crippen LogP contribution is -2.36. The molecular formula is C17H23N5S3. The molecule has 0 radical (unpaired) electrons. The summed E-state index contributed by atoms with van der Waals surface area (Å²) in [7, 11) is 0. The molecule has 0 saturated carbocycles. The van der Waals surface area contributed by atoms with Crippen LogP contribution in [0, 0.1) is 0 Å². The van der Waals surface area contributed by atoms with Crippen LogP contribution < -0.4 is 15.6 Å². The van der Waals surface area contributed by atoms with Gasteiger partial charge in [-0.2, -0.15) is 5.10 Å². The molecule has 25 heavy (non-hydrogen) atoms. The van der Waals surface area contributed by atoms with Crippen molar-refractivity contribution < 1.29 is 0 Å². The number of rotatable bonds is 5. The van der Waals surface area contributed by atoms with Gasteiger partial charge in [-0.25, -0.2) is 4.98 Å². The second-order valence-electron chi connectivity index (χ2n) is 6.23. The molecule has 3 heterocycles. The Hall–Kier alpha value is -1.51. The van der Waals surface area contributed by atoms with Crippen LogP contribution >= 0.6 is 34.9 Å². The number of hydrogen-bond donors (Lipinski definition) is 2. The van der Waals surface area contributed by atoms with Gasteiger partial charge in [0.2, 0.25) is 0 Å². The van der Waals surface area contributed by atoms with E-state index in [4.69, 9.17) is 17.2 Å². The van der Waals surface area contributed by atoms with E-state index in [0.29, 0.717) is 5.11 Å². The Kier molecular flexibility index (Phi) is 6.39. The molecule has 2 N–H and O–H groups in total. The lowest BCUT2D eigenvalue weighted by molar-refractivity contribution is 0.577. The molecule has 2 aromatic heterocycles.